The van der Waals surface area contributed by atoms with Crippen LogP contribution >= 0.6 is 23.2 Å². The summed E-state index contributed by atoms with van der Waals surface area (Å²) in [7, 11) is -0.709. The van der Waals surface area contributed by atoms with Gasteiger partial charge in [0.25, 0.3) is 0 Å². The Morgan fingerprint density at radius 2 is 2.12 bits per heavy atom. The predicted octanol–water partition coefficient (Wildman–Crippen LogP) is 2.85. The molecule has 0 amide bonds. The van der Waals surface area contributed by atoms with Crippen LogP contribution in [0.4, 0.5) is 0 Å². The van der Waals surface area contributed by atoms with E-state index in [0.717, 1.165) is 24.3 Å². The van der Waals surface area contributed by atoms with Crippen molar-refractivity contribution in [3.63, 3.8) is 0 Å². The Morgan fingerprint density at radius 3 is 2.81 bits per heavy atom. The third-order valence-corrected chi connectivity index (χ3v) is 3.85. The molecule has 0 aliphatic rings. The molecule has 0 heterocycles. The van der Waals surface area contributed by atoms with Gasteiger partial charge in [0.1, 0.15) is 0 Å². The van der Waals surface area contributed by atoms with E-state index in [1.165, 1.54) is 0 Å². The molecule has 2 nitrogen and oxygen atoms in total. The summed E-state index contributed by atoms with van der Waals surface area (Å²) in [6.07, 6.45) is 2.62. The molecule has 0 saturated heterocycles. The lowest BCUT2D eigenvalue weighted by Crippen LogP contribution is -2.16. The molecule has 0 aliphatic heterocycles. The van der Waals surface area contributed by atoms with Gasteiger partial charge in [0, 0.05) is 29.4 Å². The van der Waals surface area contributed by atoms with Crippen molar-refractivity contribution in [3.05, 3.63) is 33.8 Å². The zero-order valence-corrected chi connectivity index (χ0v) is 11.5. The average molecular weight is 280 g/mol. The second kappa shape index (κ2) is 7.28. The molecule has 5 heteroatoms. The van der Waals surface area contributed by atoms with Gasteiger partial charge in [-0.15, -0.1) is 0 Å². The van der Waals surface area contributed by atoms with E-state index in [2.05, 4.69) is 5.32 Å². The van der Waals surface area contributed by atoms with E-state index < -0.39 is 10.8 Å². The zero-order valence-electron chi connectivity index (χ0n) is 9.13. The largest absolute Gasteiger partial charge is 0.313 e. The first-order valence-electron chi connectivity index (χ1n) is 5.05. The summed E-state index contributed by atoms with van der Waals surface area (Å²) in [5, 5.41) is 4.43. The second-order valence-corrected chi connectivity index (χ2v) is 5.86. The lowest BCUT2D eigenvalue weighted by Gasteiger charge is -2.07. The Hall–Kier alpha value is -0.0900. The Kier molecular flexibility index (Phi) is 6.36. The molecular formula is C11H15Cl2NOS. The predicted molar refractivity (Wildman–Crippen MR) is 71.7 cm³/mol. The maximum absolute atomic E-state index is 10.8. The van der Waals surface area contributed by atoms with Crippen molar-refractivity contribution in [2.45, 2.75) is 13.0 Å². The Bertz CT molecular complexity index is 371. The van der Waals surface area contributed by atoms with Crippen molar-refractivity contribution >= 4 is 34.0 Å². The van der Waals surface area contributed by atoms with Gasteiger partial charge in [-0.2, -0.15) is 0 Å². The van der Waals surface area contributed by atoms with Gasteiger partial charge < -0.3 is 5.32 Å². The fourth-order valence-corrected chi connectivity index (χ4v) is 2.25. The van der Waals surface area contributed by atoms with Crippen molar-refractivity contribution < 1.29 is 4.21 Å². The van der Waals surface area contributed by atoms with Gasteiger partial charge in [-0.3, -0.25) is 4.21 Å². The standard InChI is InChI=1S/C11H15Cl2NOS/c1-16(15)7-3-6-14-8-9-4-2-5-10(12)11(9)13/h2,4-5,14H,3,6-8H2,1H3. The fraction of sp³-hybridized carbons (Fsp3) is 0.455. The van der Waals surface area contributed by atoms with Gasteiger partial charge in [-0.1, -0.05) is 35.3 Å². The maximum atomic E-state index is 10.8. The molecule has 0 aliphatic carbocycles. The number of hydrogen-bond donors (Lipinski definition) is 1. The molecule has 0 saturated carbocycles. The van der Waals surface area contributed by atoms with Gasteiger partial charge in [0.15, 0.2) is 0 Å². The minimum absolute atomic E-state index is 0.579. The van der Waals surface area contributed by atoms with Gasteiger partial charge in [-0.25, -0.2) is 0 Å². The summed E-state index contributed by atoms with van der Waals surface area (Å²) in [5.74, 6) is 0.732. The number of hydrogen-bond acceptors (Lipinski definition) is 2. The summed E-state index contributed by atoms with van der Waals surface area (Å²) >= 11 is 11.9. The molecule has 16 heavy (non-hydrogen) atoms. The smallest absolute Gasteiger partial charge is 0.0637 e. The van der Waals surface area contributed by atoms with Crippen LogP contribution in [0.25, 0.3) is 0 Å². The quantitative estimate of drug-likeness (QED) is 0.812. The van der Waals surface area contributed by atoms with Gasteiger partial charge in [0.2, 0.25) is 0 Å². The lowest BCUT2D eigenvalue weighted by molar-refractivity contribution is 0.662. The van der Waals surface area contributed by atoms with E-state index in [4.69, 9.17) is 23.2 Å². The maximum Gasteiger partial charge on any atom is 0.0637 e. The van der Waals surface area contributed by atoms with E-state index in [0.29, 0.717) is 16.6 Å². The van der Waals surface area contributed by atoms with Gasteiger partial charge >= 0.3 is 0 Å². The highest BCUT2D eigenvalue weighted by Gasteiger charge is 2.03. The SMILES string of the molecule is CS(=O)CCCNCc1cccc(Cl)c1Cl. The van der Waals surface area contributed by atoms with Crippen LogP contribution in [-0.4, -0.2) is 22.8 Å². The van der Waals surface area contributed by atoms with Crippen molar-refractivity contribution in [2.24, 2.45) is 0 Å². The lowest BCUT2D eigenvalue weighted by atomic mass is 10.2. The minimum Gasteiger partial charge on any atom is -0.313 e. The number of rotatable bonds is 6. The Balaban J connectivity index is 2.32. The molecular weight excluding hydrogens is 265 g/mol. The monoisotopic (exact) mass is 279 g/mol. The average Bonchev–Trinajstić information content (AvgIpc) is 2.23. The molecule has 1 aromatic rings. The first-order chi connectivity index (χ1) is 7.61. The number of benzene rings is 1. The molecule has 0 radical (unpaired) electrons. The van der Waals surface area contributed by atoms with Crippen molar-refractivity contribution in [2.75, 3.05) is 18.6 Å². The molecule has 1 rings (SSSR count). The van der Waals surface area contributed by atoms with Crippen LogP contribution in [0.2, 0.25) is 10.0 Å². The first kappa shape index (κ1) is 14.0. The van der Waals surface area contributed by atoms with Crippen LogP contribution in [0, 0.1) is 0 Å². The van der Waals surface area contributed by atoms with E-state index in [1.54, 1.807) is 12.3 Å². The third kappa shape index (κ3) is 4.83. The molecule has 0 bridgehead atoms. The van der Waals surface area contributed by atoms with Crippen LogP contribution in [0.1, 0.15) is 12.0 Å². The second-order valence-electron chi connectivity index (χ2n) is 3.52. The molecule has 90 valence electrons. The number of nitrogens with one attached hydrogen (secondary N) is 1. The molecule has 0 spiro atoms. The molecule has 0 fully saturated rings. The number of halogens is 2. The summed E-state index contributed by atoms with van der Waals surface area (Å²) in [6.45, 7) is 1.53. The topological polar surface area (TPSA) is 29.1 Å². The van der Waals surface area contributed by atoms with Crippen LogP contribution in [0.5, 0.6) is 0 Å². The summed E-state index contributed by atoms with van der Waals surface area (Å²) in [4.78, 5) is 0. The summed E-state index contributed by atoms with van der Waals surface area (Å²) < 4.78 is 10.8. The van der Waals surface area contributed by atoms with Crippen LogP contribution < -0.4 is 5.32 Å². The molecule has 1 unspecified atom stereocenters. The minimum atomic E-state index is -0.709. The van der Waals surface area contributed by atoms with Crippen molar-refractivity contribution in [1.29, 1.82) is 0 Å². The molecule has 1 atom stereocenters. The van der Waals surface area contributed by atoms with E-state index in [-0.39, 0.29) is 0 Å². The van der Waals surface area contributed by atoms with Crippen molar-refractivity contribution in [1.82, 2.24) is 5.32 Å². The van der Waals surface area contributed by atoms with Gasteiger partial charge in [-0.05, 0) is 24.6 Å². The first-order valence-corrected chi connectivity index (χ1v) is 7.53. The Morgan fingerprint density at radius 1 is 1.38 bits per heavy atom. The van der Waals surface area contributed by atoms with E-state index >= 15 is 0 Å². The highest BCUT2D eigenvalue weighted by molar-refractivity contribution is 7.84. The normalized spacial score (nSPS) is 12.7. The van der Waals surface area contributed by atoms with Crippen molar-refractivity contribution in [3.8, 4) is 0 Å². The highest BCUT2D eigenvalue weighted by Crippen LogP contribution is 2.25. The molecule has 1 N–H and O–H groups in total. The van der Waals surface area contributed by atoms with Crippen LogP contribution in [-0.2, 0) is 17.3 Å². The summed E-state index contributed by atoms with van der Waals surface area (Å²) in [5.41, 5.74) is 0.992. The van der Waals surface area contributed by atoms with Crippen LogP contribution in [0.3, 0.4) is 0 Å². The Labute approximate surface area is 109 Å². The molecule has 0 aromatic heterocycles. The van der Waals surface area contributed by atoms with Crippen LogP contribution in [0.15, 0.2) is 18.2 Å². The molecule has 1 aromatic carbocycles. The fourth-order valence-electron chi connectivity index (χ4n) is 1.31. The zero-order chi connectivity index (χ0) is 12.0. The highest BCUT2D eigenvalue weighted by atomic mass is 35.5. The third-order valence-electron chi connectivity index (χ3n) is 2.13. The van der Waals surface area contributed by atoms with Gasteiger partial charge in [0.05, 0.1) is 10.0 Å². The summed E-state index contributed by atoms with van der Waals surface area (Å²) in [6, 6.07) is 5.60. The van der Waals surface area contributed by atoms with E-state index in [1.807, 2.05) is 12.1 Å². The van der Waals surface area contributed by atoms with E-state index in [9.17, 15) is 4.21 Å².